The predicted molar refractivity (Wildman–Crippen MR) is 71.5 cm³/mol. The van der Waals surface area contributed by atoms with Crippen LogP contribution in [0.5, 0.6) is 0 Å². The second kappa shape index (κ2) is 4.37. The van der Waals surface area contributed by atoms with Crippen LogP contribution in [0.15, 0.2) is 23.1 Å². The minimum absolute atomic E-state index is 0.464. The summed E-state index contributed by atoms with van der Waals surface area (Å²) in [4.78, 5) is 4.37. The van der Waals surface area contributed by atoms with E-state index in [0.717, 1.165) is 28.9 Å². The Kier molecular flexibility index (Phi) is 2.86. The van der Waals surface area contributed by atoms with E-state index in [0.29, 0.717) is 12.5 Å². The molecule has 90 valence electrons. The van der Waals surface area contributed by atoms with Crippen LogP contribution in [0.3, 0.4) is 0 Å². The zero-order valence-electron chi connectivity index (χ0n) is 9.57. The Morgan fingerprint density at radius 1 is 1.47 bits per heavy atom. The molecule has 0 aliphatic heterocycles. The molecule has 1 aromatic heterocycles. The predicted octanol–water partition coefficient (Wildman–Crippen LogP) is 3.11. The lowest BCUT2D eigenvalue weighted by Gasteiger charge is -2.21. The van der Waals surface area contributed by atoms with Crippen molar-refractivity contribution in [2.24, 2.45) is 5.73 Å². The van der Waals surface area contributed by atoms with Crippen LogP contribution >= 0.6 is 12.0 Å². The Morgan fingerprint density at radius 2 is 2.35 bits per heavy atom. The largest absolute Gasteiger partial charge is 0.358 e. The summed E-state index contributed by atoms with van der Waals surface area (Å²) >= 11 is 0.801. The molecule has 17 heavy (non-hydrogen) atoms. The van der Waals surface area contributed by atoms with Crippen molar-refractivity contribution in [3.8, 4) is 0 Å². The number of H-pyrrole nitrogens is 1. The summed E-state index contributed by atoms with van der Waals surface area (Å²) in [5.74, 6) is 0.464. The van der Waals surface area contributed by atoms with Crippen molar-refractivity contribution in [1.29, 1.82) is 0 Å². The Balaban J connectivity index is 2.23. The summed E-state index contributed by atoms with van der Waals surface area (Å²) in [6.07, 6.45) is 3.50. The van der Waals surface area contributed by atoms with Crippen LogP contribution in [-0.4, -0.2) is 16.1 Å². The van der Waals surface area contributed by atoms with Gasteiger partial charge in [-0.1, -0.05) is 0 Å². The van der Waals surface area contributed by atoms with Crippen LogP contribution in [-0.2, 0) is 6.42 Å². The molecule has 1 heterocycles. The van der Waals surface area contributed by atoms with Gasteiger partial charge in [0.25, 0.3) is 0 Å². The maximum atomic E-state index is 9.14. The molecule has 1 aromatic carbocycles. The van der Waals surface area contributed by atoms with Gasteiger partial charge in [0, 0.05) is 33.5 Å². The van der Waals surface area contributed by atoms with E-state index in [1.165, 1.54) is 29.5 Å². The van der Waals surface area contributed by atoms with E-state index in [1.54, 1.807) is 0 Å². The van der Waals surface area contributed by atoms with Crippen molar-refractivity contribution in [1.82, 2.24) is 4.98 Å². The summed E-state index contributed by atoms with van der Waals surface area (Å²) in [7, 11) is 0. The van der Waals surface area contributed by atoms with Crippen LogP contribution in [0.2, 0.25) is 0 Å². The normalized spacial score (nSPS) is 19.5. The van der Waals surface area contributed by atoms with Crippen molar-refractivity contribution in [2.75, 3.05) is 6.54 Å². The first-order valence-corrected chi connectivity index (χ1v) is 6.77. The number of benzene rings is 1. The van der Waals surface area contributed by atoms with Gasteiger partial charge in [-0.2, -0.15) is 0 Å². The molecule has 0 fully saturated rings. The van der Waals surface area contributed by atoms with Crippen molar-refractivity contribution in [3.05, 3.63) is 29.5 Å². The molecule has 1 atom stereocenters. The monoisotopic (exact) mass is 248 g/mol. The molecule has 0 spiro atoms. The lowest BCUT2D eigenvalue weighted by Crippen LogP contribution is -2.17. The molecule has 1 aliphatic rings. The summed E-state index contributed by atoms with van der Waals surface area (Å²) < 4.78 is 9.14. The molecule has 0 saturated carbocycles. The Hall–Kier alpha value is -0.970. The zero-order valence-corrected chi connectivity index (χ0v) is 10.4. The fourth-order valence-corrected chi connectivity index (χ4v) is 3.17. The second-order valence-corrected chi connectivity index (χ2v) is 5.29. The first-order chi connectivity index (χ1) is 8.33. The number of hydrogen-bond acceptors (Lipinski definition) is 3. The summed E-state index contributed by atoms with van der Waals surface area (Å²) in [5.41, 5.74) is 9.74. The maximum absolute atomic E-state index is 9.14. The van der Waals surface area contributed by atoms with E-state index in [-0.39, 0.29) is 0 Å². The third-order valence-corrected chi connectivity index (χ3v) is 4.13. The van der Waals surface area contributed by atoms with Crippen LogP contribution in [0.1, 0.15) is 30.0 Å². The topological polar surface area (TPSA) is 62.0 Å². The average Bonchev–Trinajstić information content (AvgIpc) is 2.75. The van der Waals surface area contributed by atoms with Crippen molar-refractivity contribution >= 4 is 22.9 Å². The van der Waals surface area contributed by atoms with Gasteiger partial charge in [-0.3, -0.25) is 0 Å². The van der Waals surface area contributed by atoms with Gasteiger partial charge in [-0.25, -0.2) is 0 Å². The third-order valence-electron chi connectivity index (χ3n) is 3.67. The van der Waals surface area contributed by atoms with Crippen LogP contribution in [0.4, 0.5) is 0 Å². The number of nitrogens with one attached hydrogen (secondary N) is 1. The minimum atomic E-state index is 0.464. The van der Waals surface area contributed by atoms with Crippen molar-refractivity contribution in [3.63, 3.8) is 0 Å². The second-order valence-electron chi connectivity index (χ2n) is 4.64. The number of fused-ring (bicyclic) bond motifs is 3. The molecule has 0 bridgehead atoms. The first kappa shape index (κ1) is 11.1. The van der Waals surface area contributed by atoms with Gasteiger partial charge >= 0.3 is 0 Å². The number of rotatable bonds is 2. The number of aryl methyl sites for hydroxylation is 1. The lowest BCUT2D eigenvalue weighted by atomic mass is 9.85. The molecule has 1 unspecified atom stereocenters. The molecule has 4 N–H and O–H groups in total. The summed E-state index contributed by atoms with van der Waals surface area (Å²) in [5, 5.41) is 1.23. The lowest BCUT2D eigenvalue weighted by molar-refractivity contribution is 0.560. The van der Waals surface area contributed by atoms with Gasteiger partial charge in [0.15, 0.2) is 0 Å². The minimum Gasteiger partial charge on any atom is -0.358 e. The van der Waals surface area contributed by atoms with E-state index in [2.05, 4.69) is 11.1 Å². The van der Waals surface area contributed by atoms with E-state index in [9.17, 15) is 0 Å². The molecule has 0 radical (unpaired) electrons. The molecule has 1 aliphatic carbocycles. The number of hydrogen-bond donors (Lipinski definition) is 3. The molecular weight excluding hydrogens is 232 g/mol. The highest BCUT2D eigenvalue weighted by Crippen LogP contribution is 2.37. The zero-order chi connectivity index (χ0) is 11.8. The van der Waals surface area contributed by atoms with Gasteiger partial charge < -0.3 is 15.3 Å². The fourth-order valence-electron chi connectivity index (χ4n) is 2.87. The molecule has 4 heteroatoms. The molecule has 3 nitrogen and oxygen atoms in total. The molecule has 2 aromatic rings. The number of aromatic amines is 1. The van der Waals surface area contributed by atoms with Crippen molar-refractivity contribution < 1.29 is 4.55 Å². The Labute approximate surface area is 105 Å². The first-order valence-electron chi connectivity index (χ1n) is 5.99. The Bertz CT molecular complexity index is 550. The highest BCUT2D eigenvalue weighted by molar-refractivity contribution is 7.93. The average molecular weight is 248 g/mol. The highest BCUT2D eigenvalue weighted by Gasteiger charge is 2.23. The van der Waals surface area contributed by atoms with E-state index in [4.69, 9.17) is 10.3 Å². The quantitative estimate of drug-likeness (QED) is 0.716. The fraction of sp³-hybridized carbons (Fsp3) is 0.385. The Morgan fingerprint density at radius 3 is 3.12 bits per heavy atom. The smallest absolute Gasteiger partial charge is 0.0459 e. The number of nitrogens with two attached hydrogens (primary N) is 1. The summed E-state index contributed by atoms with van der Waals surface area (Å²) in [6.45, 7) is 0.705. The van der Waals surface area contributed by atoms with E-state index >= 15 is 0 Å². The van der Waals surface area contributed by atoms with Crippen LogP contribution < -0.4 is 5.73 Å². The van der Waals surface area contributed by atoms with E-state index < -0.39 is 0 Å². The molecular formula is C13H16N2OS. The summed E-state index contributed by atoms with van der Waals surface area (Å²) in [6, 6.07) is 6.04. The van der Waals surface area contributed by atoms with E-state index in [1.807, 2.05) is 12.1 Å². The van der Waals surface area contributed by atoms with Crippen LogP contribution in [0, 0.1) is 0 Å². The maximum Gasteiger partial charge on any atom is 0.0459 e. The third kappa shape index (κ3) is 1.76. The van der Waals surface area contributed by atoms with Gasteiger partial charge in [0.2, 0.25) is 0 Å². The van der Waals surface area contributed by atoms with Gasteiger partial charge in [-0.05, 0) is 55.5 Å². The molecule has 3 rings (SSSR count). The van der Waals surface area contributed by atoms with Gasteiger partial charge in [0.05, 0.1) is 0 Å². The van der Waals surface area contributed by atoms with Gasteiger partial charge in [-0.15, -0.1) is 0 Å². The SMILES string of the molecule is NCC1CCCc2[nH]c3ccc(SO)cc3c21. The highest BCUT2D eigenvalue weighted by atomic mass is 32.2. The molecule has 0 saturated heterocycles. The number of aromatic nitrogens is 1. The standard InChI is InChI=1S/C13H16N2OS/c14-7-8-2-1-3-12-13(8)10-6-9(17-16)4-5-11(10)15-12/h4-6,8,15-16H,1-3,7,14H2. The van der Waals surface area contributed by atoms with Crippen molar-refractivity contribution in [2.45, 2.75) is 30.1 Å². The van der Waals surface area contributed by atoms with Crippen LogP contribution in [0.25, 0.3) is 10.9 Å². The molecule has 0 amide bonds. The van der Waals surface area contributed by atoms with Gasteiger partial charge in [0.1, 0.15) is 0 Å².